The first-order valence-corrected chi connectivity index (χ1v) is 10.2. The van der Waals surface area contributed by atoms with E-state index < -0.39 is 10.0 Å². The van der Waals surface area contributed by atoms with E-state index in [-0.39, 0.29) is 16.6 Å². The number of aromatic nitrogens is 2. The molecule has 2 aromatic carbocycles. The number of methoxy groups -OCH3 is 1. The van der Waals surface area contributed by atoms with Crippen molar-refractivity contribution in [3.05, 3.63) is 72.1 Å². The van der Waals surface area contributed by atoms with Crippen molar-refractivity contribution in [2.45, 2.75) is 11.4 Å². The highest BCUT2D eigenvalue weighted by molar-refractivity contribution is 7.89. The van der Waals surface area contributed by atoms with Gasteiger partial charge in [-0.25, -0.2) is 12.7 Å². The molecule has 0 aliphatic rings. The highest BCUT2D eigenvalue weighted by Crippen LogP contribution is 2.29. The second kappa shape index (κ2) is 8.46. The molecule has 1 aromatic heterocycles. The zero-order valence-corrected chi connectivity index (χ0v) is 17.2. The number of amides is 1. The topological polar surface area (TPSA) is 93.5 Å². The van der Waals surface area contributed by atoms with Crippen LogP contribution in [0.5, 0.6) is 5.75 Å². The molecule has 29 heavy (non-hydrogen) atoms. The van der Waals surface area contributed by atoms with Crippen molar-refractivity contribution in [3.8, 4) is 5.75 Å². The van der Waals surface area contributed by atoms with Gasteiger partial charge < -0.3 is 10.1 Å². The van der Waals surface area contributed by atoms with Gasteiger partial charge in [0.15, 0.2) is 0 Å². The highest BCUT2D eigenvalue weighted by Gasteiger charge is 2.23. The van der Waals surface area contributed by atoms with Crippen LogP contribution in [0.3, 0.4) is 0 Å². The minimum atomic E-state index is -3.73. The van der Waals surface area contributed by atoms with Crippen LogP contribution in [0.25, 0.3) is 0 Å². The average molecular weight is 414 g/mol. The molecule has 0 spiro atoms. The van der Waals surface area contributed by atoms with E-state index in [1.165, 1.54) is 39.5 Å². The van der Waals surface area contributed by atoms with Crippen LogP contribution in [-0.4, -0.2) is 49.6 Å². The predicted octanol–water partition coefficient (Wildman–Crippen LogP) is 2.44. The molecule has 0 fully saturated rings. The molecule has 8 nitrogen and oxygen atoms in total. The summed E-state index contributed by atoms with van der Waals surface area (Å²) in [6.45, 7) is 0.544. The van der Waals surface area contributed by atoms with Gasteiger partial charge in [-0.15, -0.1) is 0 Å². The second-order valence-electron chi connectivity index (χ2n) is 6.52. The summed E-state index contributed by atoms with van der Waals surface area (Å²) in [4.78, 5) is 12.5. The summed E-state index contributed by atoms with van der Waals surface area (Å²) in [5.41, 5.74) is 1.78. The molecule has 0 unspecified atom stereocenters. The summed E-state index contributed by atoms with van der Waals surface area (Å²) in [7, 11) is 0.523. The molecule has 0 aliphatic carbocycles. The fourth-order valence-corrected chi connectivity index (χ4v) is 3.77. The molecule has 1 amide bonds. The van der Waals surface area contributed by atoms with Gasteiger partial charge >= 0.3 is 0 Å². The summed E-state index contributed by atoms with van der Waals surface area (Å²) in [5.74, 6) is -0.185. The van der Waals surface area contributed by atoms with E-state index in [0.29, 0.717) is 17.8 Å². The molecular formula is C20H22N4O4S. The first-order valence-electron chi connectivity index (χ1n) is 8.79. The molecule has 0 saturated heterocycles. The first kappa shape index (κ1) is 20.6. The maximum atomic E-state index is 12.6. The third kappa shape index (κ3) is 4.64. The van der Waals surface area contributed by atoms with Crippen LogP contribution in [0, 0.1) is 0 Å². The first-order chi connectivity index (χ1) is 13.8. The van der Waals surface area contributed by atoms with Crippen molar-refractivity contribution in [1.29, 1.82) is 0 Å². The number of sulfonamides is 1. The Kier molecular flexibility index (Phi) is 6.00. The van der Waals surface area contributed by atoms with Gasteiger partial charge in [-0.05, 0) is 23.8 Å². The Balaban J connectivity index is 1.79. The van der Waals surface area contributed by atoms with E-state index in [1.807, 2.05) is 30.3 Å². The van der Waals surface area contributed by atoms with Crippen molar-refractivity contribution >= 4 is 21.6 Å². The van der Waals surface area contributed by atoms with E-state index >= 15 is 0 Å². The molecule has 1 heterocycles. The lowest BCUT2D eigenvalue weighted by Crippen LogP contribution is -2.23. The smallest absolute Gasteiger partial charge is 0.258 e. The van der Waals surface area contributed by atoms with Crippen LogP contribution in [0.2, 0.25) is 0 Å². The molecular weight excluding hydrogens is 392 g/mol. The lowest BCUT2D eigenvalue weighted by molar-refractivity contribution is 0.102. The van der Waals surface area contributed by atoms with Crippen LogP contribution in [0.1, 0.15) is 15.9 Å². The number of benzene rings is 2. The van der Waals surface area contributed by atoms with Gasteiger partial charge in [0.2, 0.25) is 10.0 Å². The molecule has 3 rings (SSSR count). The fourth-order valence-electron chi connectivity index (χ4n) is 2.69. The lowest BCUT2D eigenvalue weighted by atomic mass is 10.2. The lowest BCUT2D eigenvalue weighted by Gasteiger charge is -2.15. The van der Waals surface area contributed by atoms with Gasteiger partial charge in [0.25, 0.3) is 5.91 Å². The van der Waals surface area contributed by atoms with Gasteiger partial charge in [-0.1, -0.05) is 30.3 Å². The Labute approximate surface area is 169 Å². The van der Waals surface area contributed by atoms with Crippen LogP contribution in [0.4, 0.5) is 5.69 Å². The molecule has 0 bridgehead atoms. The summed E-state index contributed by atoms with van der Waals surface area (Å²) >= 11 is 0. The Hall–Kier alpha value is -3.17. The average Bonchev–Trinajstić information content (AvgIpc) is 3.17. The van der Waals surface area contributed by atoms with E-state index in [0.717, 1.165) is 9.87 Å². The van der Waals surface area contributed by atoms with Crippen molar-refractivity contribution in [2.24, 2.45) is 0 Å². The minimum absolute atomic E-state index is 0.0254. The van der Waals surface area contributed by atoms with Gasteiger partial charge in [0, 0.05) is 26.0 Å². The van der Waals surface area contributed by atoms with E-state index in [4.69, 9.17) is 4.74 Å². The molecule has 3 aromatic rings. The molecule has 1 N–H and O–H groups in total. The molecule has 9 heteroatoms. The molecule has 0 radical (unpaired) electrons. The van der Waals surface area contributed by atoms with Crippen LogP contribution < -0.4 is 10.1 Å². The number of carbonyl (C=O) groups excluding carboxylic acids is 1. The fraction of sp³-hybridized carbons (Fsp3) is 0.200. The van der Waals surface area contributed by atoms with Gasteiger partial charge in [0.1, 0.15) is 10.6 Å². The third-order valence-corrected chi connectivity index (χ3v) is 6.10. The minimum Gasteiger partial charge on any atom is -0.495 e. The predicted molar refractivity (Wildman–Crippen MR) is 110 cm³/mol. The summed E-state index contributed by atoms with van der Waals surface area (Å²) < 4.78 is 32.9. The van der Waals surface area contributed by atoms with Gasteiger partial charge in [0.05, 0.1) is 25.4 Å². The van der Waals surface area contributed by atoms with Crippen molar-refractivity contribution in [3.63, 3.8) is 0 Å². The Bertz CT molecular complexity index is 1110. The monoisotopic (exact) mass is 414 g/mol. The van der Waals surface area contributed by atoms with E-state index in [1.54, 1.807) is 16.9 Å². The van der Waals surface area contributed by atoms with Crippen molar-refractivity contribution in [1.82, 2.24) is 14.1 Å². The number of rotatable bonds is 7. The van der Waals surface area contributed by atoms with Crippen LogP contribution in [0.15, 0.2) is 65.8 Å². The summed E-state index contributed by atoms with van der Waals surface area (Å²) in [5, 5.41) is 6.92. The standard InChI is InChI=1S/C20H22N4O4S/c1-23(2)29(26,27)19-11-17(9-10-18(19)28-3)22-20(25)16-12-21-24(14-16)13-15-7-5-4-6-8-15/h4-12,14H,13H2,1-3H3,(H,22,25). The van der Waals surface area contributed by atoms with Crippen molar-refractivity contribution < 1.29 is 17.9 Å². The number of carbonyl (C=O) groups is 1. The maximum absolute atomic E-state index is 12.6. The van der Waals surface area contributed by atoms with Gasteiger partial charge in [-0.3, -0.25) is 9.48 Å². The number of nitrogens with zero attached hydrogens (tertiary/aromatic N) is 3. The zero-order valence-electron chi connectivity index (χ0n) is 16.4. The number of hydrogen-bond donors (Lipinski definition) is 1. The van der Waals surface area contributed by atoms with Crippen LogP contribution in [-0.2, 0) is 16.6 Å². The quantitative estimate of drug-likeness (QED) is 0.641. The zero-order chi connectivity index (χ0) is 21.0. The molecule has 0 saturated carbocycles. The Morgan fingerprint density at radius 1 is 1.17 bits per heavy atom. The molecule has 152 valence electrons. The second-order valence-corrected chi connectivity index (χ2v) is 8.64. The van der Waals surface area contributed by atoms with Crippen LogP contribution >= 0.6 is 0 Å². The number of ether oxygens (including phenoxy) is 1. The SMILES string of the molecule is COc1ccc(NC(=O)c2cnn(Cc3ccccc3)c2)cc1S(=O)(=O)N(C)C. The number of hydrogen-bond acceptors (Lipinski definition) is 5. The highest BCUT2D eigenvalue weighted by atomic mass is 32.2. The number of nitrogens with one attached hydrogen (secondary N) is 1. The Morgan fingerprint density at radius 3 is 2.55 bits per heavy atom. The van der Waals surface area contributed by atoms with Gasteiger partial charge in [-0.2, -0.15) is 5.10 Å². The molecule has 0 aliphatic heterocycles. The molecule has 0 atom stereocenters. The Morgan fingerprint density at radius 2 is 1.90 bits per heavy atom. The van der Waals surface area contributed by atoms with E-state index in [2.05, 4.69) is 10.4 Å². The maximum Gasteiger partial charge on any atom is 0.258 e. The summed E-state index contributed by atoms with van der Waals surface area (Å²) in [6.07, 6.45) is 3.11. The number of anilines is 1. The third-order valence-electron chi connectivity index (χ3n) is 4.26. The van der Waals surface area contributed by atoms with E-state index in [9.17, 15) is 13.2 Å². The normalized spacial score (nSPS) is 11.4. The summed E-state index contributed by atoms with van der Waals surface area (Å²) in [6, 6.07) is 14.2. The van der Waals surface area contributed by atoms with Crippen molar-refractivity contribution in [2.75, 3.05) is 26.5 Å². The largest absolute Gasteiger partial charge is 0.495 e.